The highest BCUT2D eigenvalue weighted by Gasteiger charge is 2.31. The number of carbonyl (C=O) groups excluding carboxylic acids is 3. The van der Waals surface area contributed by atoms with E-state index in [9.17, 15) is 27.6 Å². The zero-order chi connectivity index (χ0) is 24.0. The quantitative estimate of drug-likeness (QED) is 0.606. The van der Waals surface area contributed by atoms with Crippen molar-refractivity contribution < 1.29 is 32.3 Å². The molecule has 1 fully saturated rings. The Morgan fingerprint density at radius 3 is 1.97 bits per heavy atom. The van der Waals surface area contributed by atoms with Crippen LogP contribution in [0.3, 0.4) is 0 Å². The van der Waals surface area contributed by atoms with Crippen LogP contribution in [0.1, 0.15) is 10.4 Å². The van der Waals surface area contributed by atoms with Gasteiger partial charge in [0, 0.05) is 43.1 Å². The molecule has 4 N–H and O–H groups in total. The number of amides is 4. The van der Waals surface area contributed by atoms with E-state index in [0.717, 1.165) is 12.1 Å². The largest absolute Gasteiger partial charge is 0.573 e. The predicted octanol–water partition coefficient (Wildman–Crippen LogP) is 2.47. The predicted molar refractivity (Wildman–Crippen MR) is 114 cm³/mol. The Kier molecular flexibility index (Phi) is 7.38. The number of ether oxygens (including phenoxy) is 1. The maximum atomic E-state index is 12.7. The average molecular weight is 465 g/mol. The van der Waals surface area contributed by atoms with E-state index < -0.39 is 12.4 Å². The number of alkyl halides is 3. The van der Waals surface area contributed by atoms with Crippen molar-refractivity contribution >= 4 is 29.2 Å². The van der Waals surface area contributed by atoms with Gasteiger partial charge in [0.15, 0.2) is 0 Å². The molecule has 1 heterocycles. The lowest BCUT2D eigenvalue weighted by molar-refractivity contribution is -0.274. The first-order valence-corrected chi connectivity index (χ1v) is 9.93. The minimum Gasteiger partial charge on any atom is -0.406 e. The number of piperazine rings is 1. The molecule has 0 radical (unpaired) electrons. The second kappa shape index (κ2) is 10.2. The smallest absolute Gasteiger partial charge is 0.406 e. The van der Waals surface area contributed by atoms with Crippen LogP contribution < -0.4 is 21.1 Å². The molecule has 0 aliphatic carbocycles. The van der Waals surface area contributed by atoms with Gasteiger partial charge in [0.2, 0.25) is 5.91 Å². The average Bonchev–Trinajstić information content (AvgIpc) is 2.74. The molecule has 2 aromatic rings. The van der Waals surface area contributed by atoms with Crippen LogP contribution in [0.2, 0.25) is 0 Å². The molecule has 0 saturated carbocycles. The van der Waals surface area contributed by atoms with Gasteiger partial charge in [-0.15, -0.1) is 13.2 Å². The summed E-state index contributed by atoms with van der Waals surface area (Å²) in [5.74, 6) is -0.859. The molecule has 0 unspecified atom stereocenters. The van der Waals surface area contributed by atoms with Gasteiger partial charge < -0.3 is 26.0 Å². The third-order valence-electron chi connectivity index (χ3n) is 4.80. The maximum absolute atomic E-state index is 12.7. The third kappa shape index (κ3) is 7.38. The second-order valence-electron chi connectivity index (χ2n) is 7.26. The van der Waals surface area contributed by atoms with E-state index in [-0.39, 0.29) is 24.1 Å². The molecule has 0 aromatic heterocycles. The Hall–Kier alpha value is -3.80. The summed E-state index contributed by atoms with van der Waals surface area (Å²) in [6, 6.07) is 10.5. The Labute approximate surface area is 187 Å². The van der Waals surface area contributed by atoms with E-state index in [0.29, 0.717) is 43.1 Å². The summed E-state index contributed by atoms with van der Waals surface area (Å²) in [6.45, 7) is 1.90. The Balaban J connectivity index is 1.44. The van der Waals surface area contributed by atoms with E-state index in [1.165, 1.54) is 12.1 Å². The van der Waals surface area contributed by atoms with E-state index in [1.54, 1.807) is 29.2 Å². The van der Waals surface area contributed by atoms with E-state index in [1.807, 2.05) is 4.90 Å². The zero-order valence-electron chi connectivity index (χ0n) is 17.4. The molecule has 3 rings (SSSR count). The van der Waals surface area contributed by atoms with Crippen molar-refractivity contribution in [3.63, 3.8) is 0 Å². The number of hydrogen-bond donors (Lipinski definition) is 3. The number of nitrogens with one attached hydrogen (secondary N) is 2. The fourth-order valence-electron chi connectivity index (χ4n) is 3.27. The van der Waals surface area contributed by atoms with Crippen LogP contribution in [0.25, 0.3) is 0 Å². The number of hydrogen-bond acceptors (Lipinski definition) is 5. The van der Waals surface area contributed by atoms with Gasteiger partial charge >= 0.3 is 12.4 Å². The van der Waals surface area contributed by atoms with Gasteiger partial charge in [-0.05, 0) is 48.5 Å². The summed E-state index contributed by atoms with van der Waals surface area (Å²) in [7, 11) is 0. The molecule has 0 bridgehead atoms. The molecular weight excluding hydrogens is 443 g/mol. The van der Waals surface area contributed by atoms with Crippen molar-refractivity contribution in [3.8, 4) is 5.75 Å². The van der Waals surface area contributed by atoms with Gasteiger partial charge in [-0.25, -0.2) is 4.79 Å². The molecule has 2 aromatic carbocycles. The third-order valence-corrected chi connectivity index (χ3v) is 4.80. The number of carbonyl (C=O) groups is 3. The number of nitrogens with two attached hydrogens (primary N) is 1. The number of halogens is 3. The first kappa shape index (κ1) is 23.9. The van der Waals surface area contributed by atoms with Crippen LogP contribution in [-0.4, -0.2) is 66.7 Å². The number of urea groups is 1. The number of rotatable bonds is 6. The van der Waals surface area contributed by atoms with Crippen LogP contribution in [0.5, 0.6) is 5.75 Å². The van der Waals surface area contributed by atoms with Crippen LogP contribution in [0.4, 0.5) is 29.3 Å². The van der Waals surface area contributed by atoms with Gasteiger partial charge in [-0.1, -0.05) is 0 Å². The first-order valence-electron chi connectivity index (χ1n) is 9.93. The second-order valence-corrected chi connectivity index (χ2v) is 7.26. The van der Waals surface area contributed by atoms with E-state index in [4.69, 9.17) is 5.73 Å². The summed E-state index contributed by atoms with van der Waals surface area (Å²) in [6.07, 6.45) is -4.78. The topological polar surface area (TPSA) is 117 Å². The molecular formula is C21H22F3N5O4. The minimum atomic E-state index is -4.78. The highest BCUT2D eigenvalue weighted by Crippen LogP contribution is 2.24. The molecule has 0 atom stereocenters. The molecule has 12 heteroatoms. The van der Waals surface area contributed by atoms with Gasteiger partial charge in [0.1, 0.15) is 5.75 Å². The van der Waals surface area contributed by atoms with Gasteiger partial charge in [-0.3, -0.25) is 14.5 Å². The van der Waals surface area contributed by atoms with Crippen molar-refractivity contribution in [2.75, 3.05) is 43.4 Å². The lowest BCUT2D eigenvalue weighted by atomic mass is 10.1. The normalized spacial score (nSPS) is 14.5. The molecule has 0 spiro atoms. The fraction of sp³-hybridized carbons (Fsp3) is 0.286. The van der Waals surface area contributed by atoms with Crippen molar-refractivity contribution in [1.82, 2.24) is 9.80 Å². The van der Waals surface area contributed by atoms with Crippen molar-refractivity contribution in [1.29, 1.82) is 0 Å². The van der Waals surface area contributed by atoms with E-state index >= 15 is 0 Å². The summed E-state index contributed by atoms with van der Waals surface area (Å²) in [4.78, 5) is 39.3. The molecule has 1 saturated heterocycles. The SMILES string of the molecule is NC(=O)Nc1ccc(C(=O)N2CCN(CC(=O)Nc3ccc(OC(F)(F)F)cc3)CC2)cc1. The highest BCUT2D eigenvalue weighted by molar-refractivity contribution is 5.95. The van der Waals surface area contributed by atoms with E-state index in [2.05, 4.69) is 15.4 Å². The molecule has 1 aliphatic rings. The molecule has 1 aliphatic heterocycles. The summed E-state index contributed by atoms with van der Waals surface area (Å²) < 4.78 is 40.4. The lowest BCUT2D eigenvalue weighted by Crippen LogP contribution is -2.50. The first-order chi connectivity index (χ1) is 15.6. The van der Waals surface area contributed by atoms with Crippen molar-refractivity contribution in [3.05, 3.63) is 54.1 Å². The summed E-state index contributed by atoms with van der Waals surface area (Å²) in [5, 5.41) is 5.04. The number of primary amides is 1. The monoisotopic (exact) mass is 465 g/mol. The maximum Gasteiger partial charge on any atom is 0.573 e. The highest BCUT2D eigenvalue weighted by atomic mass is 19.4. The molecule has 4 amide bonds. The summed E-state index contributed by atoms with van der Waals surface area (Å²) >= 11 is 0. The Morgan fingerprint density at radius 2 is 1.42 bits per heavy atom. The van der Waals surface area contributed by atoms with Crippen LogP contribution in [0, 0.1) is 0 Å². The van der Waals surface area contributed by atoms with Gasteiger partial charge in [0.25, 0.3) is 5.91 Å². The standard InChI is InChI=1S/C21H22F3N5O4/c22-21(23,24)33-17-7-5-15(6-8-17)26-18(30)13-28-9-11-29(12-10-28)19(31)14-1-3-16(4-2-14)27-20(25)32/h1-8H,9-13H2,(H,26,30)(H3,25,27,32). The molecule has 176 valence electrons. The number of anilines is 2. The zero-order valence-corrected chi connectivity index (χ0v) is 17.4. The van der Waals surface area contributed by atoms with Crippen molar-refractivity contribution in [2.24, 2.45) is 5.73 Å². The lowest BCUT2D eigenvalue weighted by Gasteiger charge is -2.34. The molecule has 9 nitrogen and oxygen atoms in total. The van der Waals surface area contributed by atoms with Gasteiger partial charge in [-0.2, -0.15) is 0 Å². The molecule has 33 heavy (non-hydrogen) atoms. The van der Waals surface area contributed by atoms with Crippen LogP contribution >= 0.6 is 0 Å². The number of benzene rings is 2. The Morgan fingerprint density at radius 1 is 0.879 bits per heavy atom. The Bertz CT molecular complexity index is 988. The van der Waals surface area contributed by atoms with Crippen LogP contribution in [-0.2, 0) is 4.79 Å². The fourth-order valence-corrected chi connectivity index (χ4v) is 3.27. The van der Waals surface area contributed by atoms with Crippen LogP contribution in [0.15, 0.2) is 48.5 Å². The minimum absolute atomic E-state index is 0.0797. The van der Waals surface area contributed by atoms with Crippen molar-refractivity contribution in [2.45, 2.75) is 6.36 Å². The number of nitrogens with zero attached hydrogens (tertiary/aromatic N) is 2. The van der Waals surface area contributed by atoms with Gasteiger partial charge in [0.05, 0.1) is 6.54 Å². The summed E-state index contributed by atoms with van der Waals surface area (Å²) in [5.41, 5.74) is 6.35.